The lowest BCUT2D eigenvalue weighted by atomic mass is 9.70. The number of hydrogen-bond acceptors (Lipinski definition) is 5. The van der Waals surface area contributed by atoms with Gasteiger partial charge in [-0.3, -0.25) is 9.78 Å². The molecule has 0 radical (unpaired) electrons. The molecule has 0 saturated carbocycles. The third kappa shape index (κ3) is 7.29. The Bertz CT molecular complexity index is 3310. The lowest BCUT2D eigenvalue weighted by molar-refractivity contribution is -0.103. The molecule has 5 heteroatoms. The summed E-state index contributed by atoms with van der Waals surface area (Å²) >= 11 is 0. The first-order valence-corrected chi connectivity index (χ1v) is 18.9. The van der Waals surface area contributed by atoms with Gasteiger partial charge in [0.25, 0.3) is 0 Å². The van der Waals surface area contributed by atoms with Crippen LogP contribution in [0.25, 0.3) is 44.6 Å². The maximum Gasteiger partial charge on any atom is 0.193 e. The Morgan fingerprint density at radius 2 is 1.30 bits per heavy atom. The average Bonchev–Trinajstić information content (AvgIpc) is 3.75. The van der Waals surface area contributed by atoms with Crippen molar-refractivity contribution in [2.75, 3.05) is 6.61 Å². The van der Waals surface area contributed by atoms with Crippen LogP contribution < -0.4 is 14.2 Å². The van der Waals surface area contributed by atoms with Crippen molar-refractivity contribution in [3.05, 3.63) is 143 Å². The van der Waals surface area contributed by atoms with Crippen molar-refractivity contribution in [1.29, 1.82) is 0 Å². The Kier molecular flexibility index (Phi) is 11.1. The Balaban J connectivity index is 1.42. The molecule has 1 spiro atoms. The van der Waals surface area contributed by atoms with Gasteiger partial charge in [0, 0.05) is 23.6 Å². The van der Waals surface area contributed by atoms with Crippen molar-refractivity contribution in [3.8, 4) is 157 Å². The van der Waals surface area contributed by atoms with Gasteiger partial charge < -0.3 is 14.2 Å². The number of carbonyl (C=O) groups excluding carboxylic acids is 1. The zero-order chi connectivity index (χ0) is 42.0. The van der Waals surface area contributed by atoms with Gasteiger partial charge in [-0.05, 0) is 171 Å². The van der Waals surface area contributed by atoms with Crippen LogP contribution in [0.1, 0.15) is 41.7 Å². The quantitative estimate of drug-likeness (QED) is 0.125. The fraction of sp³-hybridized carbons (Fsp3) is 0.0714. The minimum Gasteiger partial charge on any atom is -0.480 e. The lowest BCUT2D eigenvalue weighted by Gasteiger charge is -2.31. The van der Waals surface area contributed by atoms with Crippen LogP contribution in [-0.2, 0) is 10.2 Å². The number of terminal acetylenes is 1. The van der Waals surface area contributed by atoms with E-state index in [0.29, 0.717) is 29.1 Å². The highest BCUT2D eigenvalue weighted by Crippen LogP contribution is 2.65. The Morgan fingerprint density at radius 3 is 2.05 bits per heavy atom. The number of aldehydes is 1. The summed E-state index contributed by atoms with van der Waals surface area (Å²) in [6.07, 6.45) is 13.1. The molecule has 0 bridgehead atoms. The summed E-state index contributed by atoms with van der Waals surface area (Å²) in [4.78, 5) is 15.6. The monoisotopic (exact) mass is 779 g/mol. The summed E-state index contributed by atoms with van der Waals surface area (Å²) in [5.74, 6) is 36.2. The first kappa shape index (κ1) is 38.7. The van der Waals surface area contributed by atoms with Crippen LogP contribution in [0.5, 0.6) is 17.2 Å². The Morgan fingerprint density at radius 1 is 0.607 bits per heavy atom. The van der Waals surface area contributed by atoms with E-state index in [1.54, 1.807) is 20.0 Å². The molecule has 0 aliphatic heterocycles. The molecule has 61 heavy (non-hydrogen) atoms. The second-order valence-electron chi connectivity index (χ2n) is 13.4. The maximum atomic E-state index is 11.0. The maximum absolute atomic E-state index is 11.0. The van der Waals surface area contributed by atoms with Gasteiger partial charge in [-0.2, -0.15) is 0 Å². The van der Waals surface area contributed by atoms with Gasteiger partial charge in [0.05, 0.1) is 16.7 Å². The molecule has 5 aromatic carbocycles. The van der Waals surface area contributed by atoms with E-state index < -0.39 is 5.41 Å². The Labute approximate surface area is 355 Å². The molecule has 2 aliphatic carbocycles. The molecular formula is C56H29NO4. The van der Waals surface area contributed by atoms with Crippen LogP contribution in [0.2, 0.25) is 0 Å². The molecule has 8 rings (SSSR count). The summed E-state index contributed by atoms with van der Waals surface area (Å²) in [5, 5.41) is 0. The van der Waals surface area contributed by atoms with Crippen molar-refractivity contribution in [2.45, 2.75) is 19.3 Å². The average molecular weight is 780 g/mol. The first-order valence-electron chi connectivity index (χ1n) is 18.9. The molecule has 5 nitrogen and oxygen atoms in total. The number of benzene rings is 5. The second kappa shape index (κ2) is 17.5. The number of carbonyl (C=O) groups is 1. The van der Waals surface area contributed by atoms with Crippen molar-refractivity contribution >= 4 is 6.29 Å². The number of nitrogens with zero attached hydrogens (tertiary/aromatic N) is 1. The molecular weight excluding hydrogens is 751 g/mol. The molecule has 282 valence electrons. The molecule has 0 N–H and O–H groups in total. The predicted octanol–water partition coefficient (Wildman–Crippen LogP) is 9.05. The summed E-state index contributed by atoms with van der Waals surface area (Å²) in [5.41, 5.74) is 11.5. The van der Waals surface area contributed by atoms with E-state index in [1.807, 2.05) is 48.5 Å². The van der Waals surface area contributed by atoms with E-state index in [1.165, 1.54) is 0 Å². The van der Waals surface area contributed by atoms with E-state index in [0.717, 1.165) is 66.9 Å². The van der Waals surface area contributed by atoms with Crippen molar-refractivity contribution in [2.24, 2.45) is 0 Å². The number of ether oxygens (including phenoxy) is 3. The van der Waals surface area contributed by atoms with Gasteiger partial charge in [-0.25, -0.2) is 0 Å². The molecule has 2 aliphatic rings. The standard InChI is InChI=1S/C56H29NO4/c1-4-7-17-31-59-53-38-50-46(36-43(53)21-11-10-16-30-58)47-37-54(60-32-18-8-5-2)55(61-33-19-9-6-3)39-51(47)56(50)48-25-13-12-24-44(48)45-35-41(27-28-49(45)56)40-22-20-23-42(34-40)52-26-14-15-29-57-52/h1,12-15,20,22-30,34-39H,31H2,2-3H3. The van der Waals surface area contributed by atoms with Crippen LogP contribution in [0.4, 0.5) is 0 Å². The minimum atomic E-state index is -0.885. The first-order chi connectivity index (χ1) is 30.1. The summed E-state index contributed by atoms with van der Waals surface area (Å²) in [6, 6.07) is 37.2. The highest BCUT2D eigenvalue weighted by molar-refractivity contribution is 5.97. The highest BCUT2D eigenvalue weighted by Gasteiger charge is 2.52. The number of rotatable bonds is 6. The molecule has 6 aromatic rings. The topological polar surface area (TPSA) is 57.7 Å². The Hall–Kier alpha value is -9.20. The van der Waals surface area contributed by atoms with Crippen LogP contribution in [0.15, 0.2) is 115 Å². The summed E-state index contributed by atoms with van der Waals surface area (Å²) < 4.78 is 18.4. The smallest absolute Gasteiger partial charge is 0.193 e. The molecule has 0 amide bonds. The van der Waals surface area contributed by atoms with Gasteiger partial charge in [0.15, 0.2) is 17.8 Å². The number of fused-ring (bicyclic) bond motifs is 10. The third-order valence-electron chi connectivity index (χ3n) is 10.2. The van der Waals surface area contributed by atoms with Gasteiger partial charge in [0.1, 0.15) is 24.6 Å². The van der Waals surface area contributed by atoms with Crippen molar-refractivity contribution in [3.63, 3.8) is 0 Å². The van der Waals surface area contributed by atoms with Crippen molar-refractivity contribution < 1.29 is 19.0 Å². The molecule has 0 saturated heterocycles. The normalized spacial score (nSPS) is 12.3. The van der Waals surface area contributed by atoms with E-state index in [-0.39, 0.29) is 6.61 Å². The van der Waals surface area contributed by atoms with Gasteiger partial charge in [-0.1, -0.05) is 72.5 Å². The van der Waals surface area contributed by atoms with Gasteiger partial charge >= 0.3 is 0 Å². The number of pyridine rings is 1. The van der Waals surface area contributed by atoms with E-state index in [4.69, 9.17) is 20.6 Å². The van der Waals surface area contributed by atoms with E-state index >= 15 is 0 Å². The zero-order valence-electron chi connectivity index (χ0n) is 32.9. The van der Waals surface area contributed by atoms with E-state index in [2.05, 4.69) is 155 Å². The SMILES string of the molecule is C#CC#CCOc1cc2c(cc1C#CC#CC=O)-c1cc(OC#CC#CC)c(OC#CC#CC)cc1C21c2ccccc2-c2cc(-c3cccc(-c4ccccn4)c3)ccc21. The fourth-order valence-corrected chi connectivity index (χ4v) is 7.87. The molecule has 1 aromatic heterocycles. The van der Waals surface area contributed by atoms with Crippen LogP contribution in [0.3, 0.4) is 0 Å². The molecule has 1 heterocycles. The zero-order valence-corrected chi connectivity index (χ0v) is 32.9. The summed E-state index contributed by atoms with van der Waals surface area (Å²) in [6.45, 7) is 3.42. The van der Waals surface area contributed by atoms with Crippen LogP contribution in [-0.4, -0.2) is 17.9 Å². The summed E-state index contributed by atoms with van der Waals surface area (Å²) in [7, 11) is 0. The van der Waals surface area contributed by atoms with Crippen LogP contribution in [0, 0.1) is 95.6 Å². The van der Waals surface area contributed by atoms with Gasteiger partial charge in [0.2, 0.25) is 0 Å². The second-order valence-corrected chi connectivity index (χ2v) is 13.4. The van der Waals surface area contributed by atoms with Gasteiger partial charge in [-0.15, -0.1) is 6.42 Å². The predicted molar refractivity (Wildman–Crippen MR) is 238 cm³/mol. The largest absolute Gasteiger partial charge is 0.480 e. The lowest BCUT2D eigenvalue weighted by Crippen LogP contribution is -2.26. The fourth-order valence-electron chi connectivity index (χ4n) is 7.87. The molecule has 1 atom stereocenters. The number of aromatic nitrogens is 1. The molecule has 0 fully saturated rings. The highest BCUT2D eigenvalue weighted by atomic mass is 16.5. The van der Waals surface area contributed by atoms with Crippen molar-refractivity contribution in [1.82, 2.24) is 4.98 Å². The number of hydrogen-bond donors (Lipinski definition) is 0. The van der Waals surface area contributed by atoms with E-state index in [9.17, 15) is 4.79 Å². The molecule has 1 unspecified atom stereocenters. The van der Waals surface area contributed by atoms with Crippen LogP contribution >= 0.6 is 0 Å². The minimum absolute atomic E-state index is 0.0142. The third-order valence-corrected chi connectivity index (χ3v) is 10.2.